The third-order valence-corrected chi connectivity index (χ3v) is 34.8. The van der Waals surface area contributed by atoms with Gasteiger partial charge in [0.1, 0.15) is 0 Å². The lowest BCUT2D eigenvalue weighted by Gasteiger charge is -2.48. The minimum absolute atomic E-state index is 0.805. The van der Waals surface area contributed by atoms with Crippen molar-refractivity contribution >= 4 is 68.0 Å². The average molecular weight is 605 g/mol. The molecule has 1 aliphatic heterocycles. The average Bonchev–Trinajstić information content (AvgIpc) is 2.33. The summed E-state index contributed by atoms with van der Waals surface area (Å²) in [4.78, 5) is 0. The van der Waals surface area contributed by atoms with Crippen molar-refractivity contribution < 1.29 is 28.8 Å². The molecule has 0 N–H and O–H groups in total. The Balaban J connectivity index is 3.19. The molecule has 0 saturated carbocycles. The van der Waals surface area contributed by atoms with Gasteiger partial charge in [-0.25, -0.2) is 0 Å². The first-order chi connectivity index (χ1) is 14.2. The topological polar surface area (TPSA) is 64.6 Å². The van der Waals surface area contributed by atoms with Crippen LogP contribution in [0.2, 0.25) is 117 Å². The third-order valence-electron chi connectivity index (χ3n) is 4.48. The van der Waals surface area contributed by atoms with Crippen LogP contribution in [-0.4, -0.2) is 68.0 Å². The van der Waals surface area contributed by atoms with E-state index in [-0.39, 0.29) is 0 Å². The first-order valence-electron chi connectivity index (χ1n) is 12.1. The van der Waals surface area contributed by atoms with E-state index in [9.17, 15) is 0 Å². The molecule has 15 heteroatoms. The molecule has 1 rings (SSSR count). The summed E-state index contributed by atoms with van der Waals surface area (Å²) in [5.74, 6) is 0. The Bertz CT molecular complexity index is 654. The van der Waals surface area contributed by atoms with E-state index in [2.05, 4.69) is 105 Å². The second-order valence-electron chi connectivity index (χ2n) is 13.3. The van der Waals surface area contributed by atoms with Crippen molar-refractivity contribution in [1.82, 2.24) is 0 Å². The lowest BCUT2D eigenvalue weighted by Crippen LogP contribution is -2.65. The molecule has 198 valence electrons. The zero-order chi connectivity index (χ0) is 26.4. The fourth-order valence-electron chi connectivity index (χ4n) is 4.91. The highest BCUT2D eigenvalue weighted by atomic mass is 28.5. The van der Waals surface area contributed by atoms with E-state index in [1.807, 2.05) is 0 Å². The molecule has 0 aromatic rings. The molecule has 0 aromatic carbocycles. The molecule has 1 saturated heterocycles. The predicted octanol–water partition coefficient (Wildman–Crippen LogP) is 6.74. The Kier molecular flexibility index (Phi) is 10.2. The largest absolute Gasteiger partial charge is 0.437 e. The smallest absolute Gasteiger partial charge is 0.317 e. The van der Waals surface area contributed by atoms with Crippen molar-refractivity contribution in [2.24, 2.45) is 0 Å². The van der Waals surface area contributed by atoms with Gasteiger partial charge in [-0.3, -0.25) is 0 Å². The molecule has 0 bridgehead atoms. The fourth-order valence-corrected chi connectivity index (χ4v) is 46.5. The van der Waals surface area contributed by atoms with Crippen LogP contribution in [0.15, 0.2) is 0 Å². The number of hydrogen-bond acceptors (Lipinski definition) is 7. The maximum atomic E-state index is 6.89. The molecular formula is C18H52O7Si8. The maximum absolute atomic E-state index is 6.89. The zero-order valence-corrected chi connectivity index (χ0v) is 32.3. The first-order valence-corrected chi connectivity index (χ1v) is 35.2. The molecule has 0 aliphatic carbocycles. The van der Waals surface area contributed by atoms with Crippen molar-refractivity contribution in [3.63, 3.8) is 0 Å². The third kappa shape index (κ3) is 13.0. The van der Waals surface area contributed by atoms with Gasteiger partial charge < -0.3 is 28.8 Å². The molecule has 1 aliphatic rings. The van der Waals surface area contributed by atoms with E-state index in [1.165, 1.54) is 0 Å². The van der Waals surface area contributed by atoms with Crippen LogP contribution < -0.4 is 0 Å². The summed E-state index contributed by atoms with van der Waals surface area (Å²) in [6.07, 6.45) is 0. The standard InChI is InChI=1S/C18H52O7Si8/c1-26(2,3)19-28(7,8)23-32(15,20-27(4,5)6)17-18-33(16)24-30(11,12)21-29(9,10)22-31(13,14)25-33/h17-18H2,1-16H3. The molecule has 7 nitrogen and oxygen atoms in total. The van der Waals surface area contributed by atoms with E-state index in [4.69, 9.17) is 28.8 Å². The fraction of sp³-hybridized carbons (Fsp3) is 1.00. The molecule has 0 aromatic heterocycles. The van der Waals surface area contributed by atoms with Crippen LogP contribution in [-0.2, 0) is 28.8 Å². The molecule has 1 atom stereocenters. The van der Waals surface area contributed by atoms with Crippen molar-refractivity contribution in [1.29, 1.82) is 0 Å². The highest BCUT2D eigenvalue weighted by Gasteiger charge is 2.54. The second-order valence-corrected chi connectivity index (χ2v) is 44.2. The SMILES string of the molecule is C[Si](C)(C)O[Si](C)(C)O[Si](C)(CC[Si]1(C)O[Si](C)(C)O[Si](C)(C)O[Si](C)(C)O1)O[Si](C)(C)C. The van der Waals surface area contributed by atoms with Gasteiger partial charge >= 0.3 is 51.4 Å². The molecular weight excluding hydrogens is 553 g/mol. The van der Waals surface area contributed by atoms with E-state index in [0.29, 0.717) is 0 Å². The monoisotopic (exact) mass is 604 g/mol. The van der Waals surface area contributed by atoms with E-state index >= 15 is 0 Å². The van der Waals surface area contributed by atoms with Gasteiger partial charge in [0.2, 0.25) is 0 Å². The van der Waals surface area contributed by atoms with Crippen LogP contribution in [0, 0.1) is 0 Å². The molecule has 0 amide bonds. The molecule has 1 fully saturated rings. The molecule has 1 heterocycles. The van der Waals surface area contributed by atoms with E-state index in [1.54, 1.807) is 0 Å². The molecule has 0 spiro atoms. The van der Waals surface area contributed by atoms with Gasteiger partial charge in [-0.2, -0.15) is 0 Å². The van der Waals surface area contributed by atoms with Crippen LogP contribution in [0.25, 0.3) is 0 Å². The highest BCUT2D eigenvalue weighted by molar-refractivity contribution is 6.94. The van der Waals surface area contributed by atoms with Crippen molar-refractivity contribution in [2.45, 2.75) is 117 Å². The minimum atomic E-state index is -2.59. The summed E-state index contributed by atoms with van der Waals surface area (Å²) in [6, 6.07) is 1.63. The van der Waals surface area contributed by atoms with Gasteiger partial charge in [0, 0.05) is 0 Å². The van der Waals surface area contributed by atoms with Gasteiger partial charge in [0.05, 0.1) is 0 Å². The second kappa shape index (κ2) is 10.3. The van der Waals surface area contributed by atoms with Crippen molar-refractivity contribution in [3.8, 4) is 0 Å². The maximum Gasteiger partial charge on any atom is 0.317 e. The van der Waals surface area contributed by atoms with E-state index < -0.39 is 68.0 Å². The Morgan fingerprint density at radius 1 is 0.515 bits per heavy atom. The van der Waals surface area contributed by atoms with Crippen LogP contribution in [0.1, 0.15) is 0 Å². The molecule has 0 radical (unpaired) electrons. The first kappa shape index (κ1) is 32.5. The van der Waals surface area contributed by atoms with Gasteiger partial charge in [-0.15, -0.1) is 0 Å². The Hall–Kier alpha value is 1.46. The Morgan fingerprint density at radius 3 is 1.24 bits per heavy atom. The quantitative estimate of drug-likeness (QED) is 0.270. The van der Waals surface area contributed by atoms with Gasteiger partial charge in [-0.05, 0) is 117 Å². The minimum Gasteiger partial charge on any atom is -0.437 e. The van der Waals surface area contributed by atoms with Gasteiger partial charge in [0.25, 0.3) is 0 Å². The summed E-state index contributed by atoms with van der Waals surface area (Å²) in [5, 5.41) is 0. The predicted molar refractivity (Wildman–Crippen MR) is 157 cm³/mol. The Morgan fingerprint density at radius 2 is 0.879 bits per heavy atom. The normalized spacial score (nSPS) is 25.1. The summed E-state index contributed by atoms with van der Waals surface area (Å²) in [7, 11) is -18.2. The summed E-state index contributed by atoms with van der Waals surface area (Å²) >= 11 is 0. The Labute approximate surface area is 213 Å². The van der Waals surface area contributed by atoms with Crippen LogP contribution in [0.4, 0.5) is 0 Å². The lowest BCUT2D eigenvalue weighted by atomic mass is 10.9. The van der Waals surface area contributed by atoms with Gasteiger partial charge in [0.15, 0.2) is 16.6 Å². The summed E-state index contributed by atoms with van der Waals surface area (Å²) in [5.41, 5.74) is 0. The summed E-state index contributed by atoms with van der Waals surface area (Å²) < 4.78 is 46.9. The van der Waals surface area contributed by atoms with Crippen LogP contribution in [0.5, 0.6) is 0 Å². The lowest BCUT2D eigenvalue weighted by molar-refractivity contribution is 0.233. The molecule has 33 heavy (non-hydrogen) atoms. The molecule has 1 unspecified atom stereocenters. The number of hydrogen-bond donors (Lipinski definition) is 0. The highest BCUT2D eigenvalue weighted by Crippen LogP contribution is 2.36. The van der Waals surface area contributed by atoms with Gasteiger partial charge in [-0.1, -0.05) is 0 Å². The summed E-state index contributed by atoms with van der Waals surface area (Å²) in [6.45, 7) is 34.7. The van der Waals surface area contributed by atoms with Crippen molar-refractivity contribution in [3.05, 3.63) is 0 Å². The van der Waals surface area contributed by atoms with Crippen LogP contribution in [0.3, 0.4) is 0 Å². The number of rotatable bonds is 9. The van der Waals surface area contributed by atoms with E-state index in [0.717, 1.165) is 12.1 Å². The van der Waals surface area contributed by atoms with Crippen molar-refractivity contribution in [2.75, 3.05) is 0 Å². The zero-order valence-electron chi connectivity index (χ0n) is 24.3. The van der Waals surface area contributed by atoms with Crippen LogP contribution >= 0.6 is 0 Å².